The van der Waals surface area contributed by atoms with Crippen LogP contribution in [-0.4, -0.2) is 50.3 Å². The molecule has 0 saturated carbocycles. The summed E-state index contributed by atoms with van der Waals surface area (Å²) in [6.45, 7) is 8.76. The molecule has 29 heavy (non-hydrogen) atoms. The number of nitrogens with one attached hydrogen (secondary N) is 3. The summed E-state index contributed by atoms with van der Waals surface area (Å²) in [5.74, 6) is 0.631. The zero-order valence-corrected chi connectivity index (χ0v) is 18.9. The summed E-state index contributed by atoms with van der Waals surface area (Å²) >= 11 is 0. The molecule has 0 spiro atoms. The summed E-state index contributed by atoms with van der Waals surface area (Å²) < 4.78 is 29.1. The summed E-state index contributed by atoms with van der Waals surface area (Å²) in [7, 11) is 0.128. The summed E-state index contributed by atoms with van der Waals surface area (Å²) in [6, 6.07) is 6.93. The van der Waals surface area contributed by atoms with Crippen molar-refractivity contribution in [2.45, 2.75) is 45.1 Å². The topological polar surface area (TPSA) is 100 Å². The predicted octanol–water partition coefficient (Wildman–Crippen LogP) is 1.42. The van der Waals surface area contributed by atoms with Gasteiger partial charge in [0.1, 0.15) is 0 Å². The Hall–Kier alpha value is -2.39. The average molecular weight is 421 g/mol. The number of aliphatic imine (C=N–C) groups is 1. The Morgan fingerprint density at radius 2 is 1.83 bits per heavy atom. The van der Waals surface area contributed by atoms with Crippen molar-refractivity contribution in [2.75, 3.05) is 20.1 Å². The van der Waals surface area contributed by atoms with Crippen molar-refractivity contribution >= 4 is 16.0 Å². The monoisotopic (exact) mass is 420 g/mol. The molecule has 160 valence electrons. The zero-order valence-electron chi connectivity index (χ0n) is 18.1. The largest absolute Gasteiger partial charge is 0.355 e. The Labute approximate surface area is 173 Å². The highest BCUT2D eigenvalue weighted by Crippen LogP contribution is 2.14. The molecule has 3 N–H and O–H groups in total. The Balaban J connectivity index is 1.82. The number of sulfonamides is 1. The fraction of sp³-hybridized carbons (Fsp3) is 0.500. The standard InChI is InChI=1S/C20H32N6O2S/c1-14-7-9-18(10-8-14)29(27,28)23-12-11-22-20(21-5)24-15(2)13-19-16(3)25-26(6)17(19)4/h7-10,15,23H,11-13H2,1-6H3,(H2,21,22,24). The molecule has 1 aromatic heterocycles. The third-order valence-corrected chi connectivity index (χ3v) is 6.29. The summed E-state index contributed by atoms with van der Waals surface area (Å²) in [5, 5.41) is 10.9. The number of hydrogen-bond acceptors (Lipinski definition) is 4. The van der Waals surface area contributed by atoms with Crippen molar-refractivity contribution in [3.63, 3.8) is 0 Å². The van der Waals surface area contributed by atoms with Crippen LogP contribution in [0.1, 0.15) is 29.4 Å². The van der Waals surface area contributed by atoms with Gasteiger partial charge in [-0.25, -0.2) is 13.1 Å². The third kappa shape index (κ3) is 6.30. The molecule has 2 aromatic rings. The van der Waals surface area contributed by atoms with E-state index in [1.54, 1.807) is 31.3 Å². The number of aryl methyl sites for hydroxylation is 3. The lowest BCUT2D eigenvalue weighted by Gasteiger charge is -2.18. The van der Waals surface area contributed by atoms with E-state index >= 15 is 0 Å². The highest BCUT2D eigenvalue weighted by Gasteiger charge is 2.15. The molecule has 1 heterocycles. The molecule has 0 fully saturated rings. The van der Waals surface area contributed by atoms with Crippen LogP contribution in [0, 0.1) is 20.8 Å². The van der Waals surface area contributed by atoms with Crippen molar-refractivity contribution in [3.05, 3.63) is 46.8 Å². The first-order valence-electron chi connectivity index (χ1n) is 9.66. The maximum absolute atomic E-state index is 12.3. The average Bonchev–Trinajstić information content (AvgIpc) is 2.90. The molecule has 2 rings (SSSR count). The van der Waals surface area contributed by atoms with Crippen LogP contribution < -0.4 is 15.4 Å². The maximum atomic E-state index is 12.3. The minimum absolute atomic E-state index is 0.145. The van der Waals surface area contributed by atoms with Gasteiger partial charge in [0.05, 0.1) is 10.6 Å². The smallest absolute Gasteiger partial charge is 0.240 e. The van der Waals surface area contributed by atoms with Crippen LogP contribution in [0.4, 0.5) is 0 Å². The van der Waals surface area contributed by atoms with Crippen LogP contribution in [-0.2, 0) is 23.5 Å². The number of hydrogen-bond donors (Lipinski definition) is 3. The van der Waals surface area contributed by atoms with Gasteiger partial charge in [-0.1, -0.05) is 17.7 Å². The van der Waals surface area contributed by atoms with E-state index in [-0.39, 0.29) is 17.5 Å². The molecule has 1 atom stereocenters. The number of rotatable bonds is 8. The van der Waals surface area contributed by atoms with Crippen molar-refractivity contribution in [2.24, 2.45) is 12.0 Å². The van der Waals surface area contributed by atoms with E-state index in [2.05, 4.69) is 39.3 Å². The molecule has 0 amide bonds. The highest BCUT2D eigenvalue weighted by atomic mass is 32.2. The van der Waals surface area contributed by atoms with E-state index in [9.17, 15) is 8.42 Å². The normalized spacial score (nSPS) is 13.4. The van der Waals surface area contributed by atoms with Gasteiger partial charge in [-0.2, -0.15) is 5.10 Å². The van der Waals surface area contributed by atoms with E-state index in [1.807, 2.05) is 25.6 Å². The SMILES string of the molecule is CN=C(NCCNS(=O)(=O)c1ccc(C)cc1)NC(C)Cc1c(C)nn(C)c1C. The molecule has 9 heteroatoms. The van der Waals surface area contributed by atoms with E-state index < -0.39 is 10.0 Å². The van der Waals surface area contributed by atoms with Crippen LogP contribution in [0.15, 0.2) is 34.2 Å². The van der Waals surface area contributed by atoms with Crippen LogP contribution in [0.25, 0.3) is 0 Å². The lowest BCUT2D eigenvalue weighted by Crippen LogP contribution is -2.45. The summed E-state index contributed by atoms with van der Waals surface area (Å²) in [5.41, 5.74) is 4.44. The van der Waals surface area contributed by atoms with Crippen LogP contribution in [0.3, 0.4) is 0 Å². The fourth-order valence-corrected chi connectivity index (χ4v) is 4.10. The first-order valence-corrected chi connectivity index (χ1v) is 11.1. The number of benzene rings is 1. The molecule has 0 bridgehead atoms. The van der Waals surface area contributed by atoms with Gasteiger partial charge in [0.15, 0.2) is 5.96 Å². The molecule has 0 saturated heterocycles. The van der Waals surface area contributed by atoms with Gasteiger partial charge >= 0.3 is 0 Å². The molecule has 0 radical (unpaired) electrons. The first-order chi connectivity index (χ1) is 13.6. The lowest BCUT2D eigenvalue weighted by atomic mass is 10.1. The van der Waals surface area contributed by atoms with Gasteiger partial charge < -0.3 is 10.6 Å². The Morgan fingerprint density at radius 3 is 2.38 bits per heavy atom. The second kappa shape index (κ2) is 9.89. The molecule has 0 aliphatic heterocycles. The van der Waals surface area contributed by atoms with Crippen molar-refractivity contribution in [3.8, 4) is 0 Å². The van der Waals surface area contributed by atoms with E-state index in [0.29, 0.717) is 12.5 Å². The fourth-order valence-electron chi connectivity index (χ4n) is 3.07. The first kappa shape index (κ1) is 22.9. The molecule has 0 aliphatic carbocycles. The van der Waals surface area contributed by atoms with Crippen LogP contribution in [0.2, 0.25) is 0 Å². The van der Waals surface area contributed by atoms with Gasteiger partial charge in [-0.05, 0) is 51.8 Å². The second-order valence-corrected chi connectivity index (χ2v) is 9.00. The van der Waals surface area contributed by atoms with Crippen molar-refractivity contribution in [1.29, 1.82) is 0 Å². The minimum atomic E-state index is -3.51. The number of nitrogens with zero attached hydrogens (tertiary/aromatic N) is 3. The maximum Gasteiger partial charge on any atom is 0.240 e. The van der Waals surface area contributed by atoms with E-state index in [0.717, 1.165) is 23.4 Å². The summed E-state index contributed by atoms with van der Waals surface area (Å²) in [6.07, 6.45) is 0.826. The predicted molar refractivity (Wildman–Crippen MR) is 117 cm³/mol. The van der Waals surface area contributed by atoms with E-state index in [4.69, 9.17) is 0 Å². The molecular formula is C20H32N6O2S. The van der Waals surface area contributed by atoms with Crippen molar-refractivity contribution < 1.29 is 8.42 Å². The highest BCUT2D eigenvalue weighted by molar-refractivity contribution is 7.89. The number of aromatic nitrogens is 2. The molecule has 1 aromatic carbocycles. The van der Waals surface area contributed by atoms with Gasteiger partial charge in [-0.15, -0.1) is 0 Å². The molecule has 0 aliphatic rings. The molecular weight excluding hydrogens is 388 g/mol. The quantitative estimate of drug-likeness (QED) is 0.341. The van der Waals surface area contributed by atoms with Gasteiger partial charge in [0.25, 0.3) is 0 Å². The second-order valence-electron chi connectivity index (χ2n) is 7.23. The third-order valence-electron chi connectivity index (χ3n) is 4.82. The van der Waals surface area contributed by atoms with Gasteiger partial charge in [0.2, 0.25) is 10.0 Å². The Morgan fingerprint density at radius 1 is 1.17 bits per heavy atom. The zero-order chi connectivity index (χ0) is 21.6. The van der Waals surface area contributed by atoms with Crippen LogP contribution >= 0.6 is 0 Å². The minimum Gasteiger partial charge on any atom is -0.355 e. The Kier molecular flexibility index (Phi) is 7.80. The van der Waals surface area contributed by atoms with Gasteiger partial charge in [0, 0.05) is 38.9 Å². The number of guanidine groups is 1. The van der Waals surface area contributed by atoms with Gasteiger partial charge in [-0.3, -0.25) is 9.67 Å². The van der Waals surface area contributed by atoms with Crippen LogP contribution in [0.5, 0.6) is 0 Å². The molecule has 8 nitrogen and oxygen atoms in total. The van der Waals surface area contributed by atoms with E-state index in [1.165, 1.54) is 5.56 Å². The summed E-state index contributed by atoms with van der Waals surface area (Å²) in [4.78, 5) is 4.48. The van der Waals surface area contributed by atoms with Crippen molar-refractivity contribution in [1.82, 2.24) is 25.1 Å². The Bertz CT molecular complexity index is 948. The lowest BCUT2D eigenvalue weighted by molar-refractivity contribution is 0.579. The molecule has 1 unspecified atom stereocenters.